The Labute approximate surface area is 185 Å². The zero-order valence-electron chi connectivity index (χ0n) is 16.9. The van der Waals surface area contributed by atoms with Gasteiger partial charge in [-0.1, -0.05) is 48.0 Å². The number of piperidine rings is 1. The second-order valence-corrected chi connectivity index (χ2v) is 8.25. The lowest BCUT2D eigenvalue weighted by Gasteiger charge is -2.31. The molecule has 0 aliphatic carbocycles. The summed E-state index contributed by atoms with van der Waals surface area (Å²) in [6, 6.07) is 18.0. The summed E-state index contributed by atoms with van der Waals surface area (Å²) in [5.74, 6) is 0.593. The van der Waals surface area contributed by atoms with E-state index in [1.54, 1.807) is 6.33 Å². The van der Waals surface area contributed by atoms with Gasteiger partial charge in [0.05, 0.1) is 5.39 Å². The molecule has 0 saturated carbocycles. The highest BCUT2D eigenvalue weighted by molar-refractivity contribution is 6.30. The van der Waals surface area contributed by atoms with Crippen molar-refractivity contribution in [1.82, 2.24) is 14.5 Å². The minimum Gasteiger partial charge on any atom is -0.369 e. The molecule has 1 fully saturated rings. The molecule has 1 aliphatic heterocycles. The van der Waals surface area contributed by atoms with Gasteiger partial charge in [0, 0.05) is 41.5 Å². The van der Waals surface area contributed by atoms with E-state index >= 15 is 0 Å². The topological polar surface area (TPSA) is 77.0 Å². The number of fused-ring (bicyclic) bond motifs is 1. The van der Waals surface area contributed by atoms with Crippen LogP contribution in [-0.2, 0) is 4.79 Å². The van der Waals surface area contributed by atoms with Crippen molar-refractivity contribution in [3.05, 3.63) is 72.1 Å². The molecule has 3 heterocycles. The van der Waals surface area contributed by atoms with E-state index < -0.39 is 0 Å². The number of hydrogen-bond donors (Lipinski definition) is 1. The third kappa shape index (κ3) is 3.64. The van der Waals surface area contributed by atoms with Gasteiger partial charge in [0.25, 0.3) is 0 Å². The molecular formula is C24H22ClN5O. The fraction of sp³-hybridized carbons (Fsp3) is 0.208. The van der Waals surface area contributed by atoms with E-state index in [-0.39, 0.29) is 11.8 Å². The lowest BCUT2D eigenvalue weighted by atomic mass is 9.96. The first-order chi connectivity index (χ1) is 15.1. The first-order valence-corrected chi connectivity index (χ1v) is 10.7. The largest absolute Gasteiger partial charge is 0.369 e. The number of rotatable bonds is 4. The quantitative estimate of drug-likeness (QED) is 0.518. The molecule has 0 spiro atoms. The Morgan fingerprint density at radius 1 is 1.03 bits per heavy atom. The zero-order valence-corrected chi connectivity index (χ0v) is 17.7. The molecule has 2 aromatic heterocycles. The number of primary amides is 1. The monoisotopic (exact) mass is 431 g/mol. The number of aromatic nitrogens is 3. The van der Waals surface area contributed by atoms with Crippen LogP contribution in [0, 0.1) is 5.92 Å². The summed E-state index contributed by atoms with van der Waals surface area (Å²) in [6.07, 6.45) is 5.17. The summed E-state index contributed by atoms with van der Waals surface area (Å²) in [7, 11) is 0. The van der Waals surface area contributed by atoms with Crippen molar-refractivity contribution in [2.75, 3.05) is 18.0 Å². The molecule has 156 valence electrons. The Morgan fingerprint density at radius 2 is 1.81 bits per heavy atom. The van der Waals surface area contributed by atoms with E-state index in [4.69, 9.17) is 17.3 Å². The van der Waals surface area contributed by atoms with Gasteiger partial charge in [-0.25, -0.2) is 9.97 Å². The molecule has 1 aliphatic rings. The number of nitrogens with two attached hydrogens (primary N) is 1. The van der Waals surface area contributed by atoms with Gasteiger partial charge in [-0.2, -0.15) is 0 Å². The molecule has 1 amide bonds. The predicted molar refractivity (Wildman–Crippen MR) is 123 cm³/mol. The Balaban J connectivity index is 1.68. The van der Waals surface area contributed by atoms with Crippen LogP contribution in [0.25, 0.3) is 27.8 Å². The Kier molecular flexibility index (Phi) is 5.08. The highest BCUT2D eigenvalue weighted by Gasteiger charge is 2.27. The van der Waals surface area contributed by atoms with Gasteiger partial charge >= 0.3 is 0 Å². The average Bonchev–Trinajstić information content (AvgIpc) is 3.20. The molecule has 0 radical (unpaired) electrons. The molecule has 31 heavy (non-hydrogen) atoms. The summed E-state index contributed by atoms with van der Waals surface area (Å²) in [5, 5.41) is 1.66. The van der Waals surface area contributed by atoms with Crippen LogP contribution in [0.1, 0.15) is 12.8 Å². The average molecular weight is 432 g/mol. The molecular weight excluding hydrogens is 410 g/mol. The van der Waals surface area contributed by atoms with Gasteiger partial charge in [-0.05, 0) is 36.6 Å². The first-order valence-electron chi connectivity index (χ1n) is 10.3. The van der Waals surface area contributed by atoms with Crippen molar-refractivity contribution in [2.45, 2.75) is 12.8 Å². The molecule has 0 unspecified atom stereocenters. The summed E-state index contributed by atoms with van der Waals surface area (Å²) in [5.41, 5.74) is 9.44. The van der Waals surface area contributed by atoms with Crippen molar-refractivity contribution < 1.29 is 4.79 Å². The van der Waals surface area contributed by atoms with Gasteiger partial charge in [0.2, 0.25) is 5.91 Å². The summed E-state index contributed by atoms with van der Waals surface area (Å²) >= 11 is 6.27. The fourth-order valence-electron chi connectivity index (χ4n) is 4.32. The van der Waals surface area contributed by atoms with E-state index in [0.29, 0.717) is 5.02 Å². The fourth-order valence-corrected chi connectivity index (χ4v) is 4.51. The number of hydrogen-bond acceptors (Lipinski definition) is 4. The van der Waals surface area contributed by atoms with Crippen LogP contribution in [0.15, 0.2) is 67.1 Å². The van der Waals surface area contributed by atoms with Crippen LogP contribution in [0.4, 0.5) is 5.82 Å². The summed E-state index contributed by atoms with van der Waals surface area (Å²) in [6.45, 7) is 1.46. The van der Waals surface area contributed by atoms with Crippen LogP contribution >= 0.6 is 11.6 Å². The number of halogens is 1. The maximum atomic E-state index is 11.6. The molecule has 0 atom stereocenters. The molecule has 1 saturated heterocycles. The minimum atomic E-state index is -0.218. The molecule has 2 aromatic carbocycles. The number of nitrogens with zero attached hydrogens (tertiary/aromatic N) is 4. The summed E-state index contributed by atoms with van der Waals surface area (Å²) in [4.78, 5) is 23.1. The number of anilines is 1. The van der Waals surface area contributed by atoms with E-state index in [2.05, 4.69) is 37.8 Å². The van der Waals surface area contributed by atoms with Gasteiger partial charge in [0.1, 0.15) is 12.1 Å². The van der Waals surface area contributed by atoms with Gasteiger partial charge in [-0.3, -0.25) is 4.79 Å². The Morgan fingerprint density at radius 3 is 2.52 bits per heavy atom. The lowest BCUT2D eigenvalue weighted by Crippen LogP contribution is -2.39. The summed E-state index contributed by atoms with van der Waals surface area (Å²) < 4.78 is 2.06. The maximum absolute atomic E-state index is 11.6. The van der Waals surface area contributed by atoms with Gasteiger partial charge in [-0.15, -0.1) is 0 Å². The zero-order chi connectivity index (χ0) is 21.4. The van der Waals surface area contributed by atoms with Crippen LogP contribution in [0.2, 0.25) is 5.02 Å². The van der Waals surface area contributed by atoms with Crippen LogP contribution in [0.5, 0.6) is 0 Å². The predicted octanol–water partition coefficient (Wildman–Crippen LogP) is 4.44. The van der Waals surface area contributed by atoms with E-state index in [9.17, 15) is 4.79 Å². The smallest absolute Gasteiger partial charge is 0.220 e. The van der Waals surface area contributed by atoms with Crippen molar-refractivity contribution in [3.8, 4) is 16.8 Å². The van der Waals surface area contributed by atoms with Crippen molar-refractivity contribution in [3.63, 3.8) is 0 Å². The number of carbonyl (C=O) groups is 1. The molecule has 4 aromatic rings. The number of benzene rings is 2. The third-order valence-electron chi connectivity index (χ3n) is 5.93. The van der Waals surface area contributed by atoms with Gasteiger partial charge < -0.3 is 15.2 Å². The lowest BCUT2D eigenvalue weighted by molar-refractivity contribution is -0.122. The maximum Gasteiger partial charge on any atom is 0.220 e. The second kappa shape index (κ2) is 8.04. The third-order valence-corrected chi connectivity index (χ3v) is 6.17. The molecule has 2 N–H and O–H groups in total. The van der Waals surface area contributed by atoms with Gasteiger partial charge in [0.15, 0.2) is 5.65 Å². The Bertz CT molecular complexity index is 1250. The van der Waals surface area contributed by atoms with E-state index in [1.165, 1.54) is 0 Å². The van der Waals surface area contributed by atoms with Crippen LogP contribution in [-0.4, -0.2) is 33.5 Å². The van der Waals surface area contributed by atoms with E-state index in [1.807, 2.05) is 42.5 Å². The SMILES string of the molecule is NC(=O)C1CCN(c2ncnc3c2c(-c2ccccc2)cn3-c2cccc(Cl)c2)CC1. The normalized spacial score (nSPS) is 14.8. The standard InChI is InChI=1S/C24H22ClN5O/c25-18-7-4-8-19(13-18)30-14-20(16-5-2-1-3-6-16)21-23(27-15-28-24(21)30)29-11-9-17(10-12-29)22(26)31/h1-8,13-15,17H,9-12H2,(H2,26,31). The van der Waals surface area contributed by atoms with Crippen molar-refractivity contribution in [2.24, 2.45) is 11.7 Å². The van der Waals surface area contributed by atoms with Crippen LogP contribution < -0.4 is 10.6 Å². The highest BCUT2D eigenvalue weighted by atomic mass is 35.5. The first kappa shape index (κ1) is 19.6. The van der Waals surface area contributed by atoms with E-state index in [0.717, 1.165) is 59.6 Å². The van der Waals surface area contributed by atoms with Crippen molar-refractivity contribution in [1.29, 1.82) is 0 Å². The van der Waals surface area contributed by atoms with Crippen LogP contribution in [0.3, 0.4) is 0 Å². The molecule has 0 bridgehead atoms. The Hall–Kier alpha value is -3.38. The number of carbonyl (C=O) groups excluding carboxylic acids is 1. The molecule has 7 heteroatoms. The second-order valence-electron chi connectivity index (χ2n) is 7.82. The highest BCUT2D eigenvalue weighted by Crippen LogP contribution is 2.38. The van der Waals surface area contributed by atoms with Crippen molar-refractivity contribution >= 4 is 34.4 Å². The number of amides is 1. The molecule has 6 nitrogen and oxygen atoms in total. The minimum absolute atomic E-state index is 0.0711. The molecule has 5 rings (SSSR count).